The minimum atomic E-state index is -0.693. The zero-order valence-electron chi connectivity index (χ0n) is 19.3. The van der Waals surface area contributed by atoms with Crippen molar-refractivity contribution in [1.82, 2.24) is 25.1 Å². The third kappa shape index (κ3) is 4.20. The number of benzene rings is 1. The van der Waals surface area contributed by atoms with Gasteiger partial charge in [-0.1, -0.05) is 17.7 Å². The summed E-state index contributed by atoms with van der Waals surface area (Å²) in [5.74, 6) is -1.01. The second-order valence-electron chi connectivity index (χ2n) is 9.76. The zero-order chi connectivity index (χ0) is 24.8. The summed E-state index contributed by atoms with van der Waals surface area (Å²) in [5.41, 5.74) is 1.36. The number of rotatable bonds is 7. The number of nitrogens with zero attached hydrogens (tertiary/aromatic N) is 4. The zero-order valence-corrected chi connectivity index (χ0v) is 20.0. The van der Waals surface area contributed by atoms with Gasteiger partial charge >= 0.3 is 5.97 Å². The van der Waals surface area contributed by atoms with Crippen molar-refractivity contribution in [2.24, 2.45) is 17.9 Å². The highest BCUT2D eigenvalue weighted by atomic mass is 35.5. The van der Waals surface area contributed by atoms with Crippen LogP contribution in [0.3, 0.4) is 0 Å². The van der Waals surface area contributed by atoms with Crippen molar-refractivity contribution in [3.63, 3.8) is 0 Å². The Hall–Kier alpha value is -3.27. The molecule has 3 N–H and O–H groups in total. The molecular weight excluding hydrogens is 475 g/mol. The highest BCUT2D eigenvalue weighted by Crippen LogP contribution is 2.56. The molecule has 0 saturated heterocycles. The molecule has 2 bridgehead atoms. The van der Waals surface area contributed by atoms with Crippen LogP contribution in [-0.4, -0.2) is 43.3 Å². The number of carboxylic acids is 1. The number of aromatic nitrogens is 4. The van der Waals surface area contributed by atoms with Crippen molar-refractivity contribution in [1.29, 1.82) is 0 Å². The number of carbonyl (C=O) groups is 2. The predicted octanol–water partition coefficient (Wildman–Crippen LogP) is 3.92. The van der Waals surface area contributed by atoms with Crippen LogP contribution in [0.15, 0.2) is 24.5 Å². The Balaban J connectivity index is 1.30. The average molecular weight is 501 g/mol. The lowest BCUT2D eigenvalue weighted by atomic mass is 9.53. The van der Waals surface area contributed by atoms with Crippen molar-refractivity contribution in [2.75, 3.05) is 11.9 Å². The maximum Gasteiger partial charge on any atom is 0.309 e. The molecule has 9 nitrogen and oxygen atoms in total. The lowest BCUT2D eigenvalue weighted by Crippen LogP contribution is -2.50. The van der Waals surface area contributed by atoms with E-state index in [4.69, 9.17) is 11.6 Å². The largest absolute Gasteiger partial charge is 0.481 e. The molecule has 1 amide bonds. The first-order valence-corrected chi connectivity index (χ1v) is 12.0. The smallest absolute Gasteiger partial charge is 0.309 e. The summed E-state index contributed by atoms with van der Waals surface area (Å²) in [6, 6.07) is 4.48. The maximum atomic E-state index is 13.4. The second-order valence-corrected chi connectivity index (χ2v) is 10.2. The van der Waals surface area contributed by atoms with Crippen LogP contribution in [0.25, 0.3) is 11.0 Å². The van der Waals surface area contributed by atoms with E-state index in [1.165, 1.54) is 12.4 Å². The van der Waals surface area contributed by atoms with Crippen LogP contribution in [0.4, 0.5) is 10.2 Å². The van der Waals surface area contributed by atoms with Gasteiger partial charge in [0.15, 0.2) is 11.5 Å². The number of nitrogens with one attached hydrogen (secondary N) is 2. The number of halogens is 2. The fourth-order valence-electron chi connectivity index (χ4n) is 5.43. The molecule has 3 aliphatic carbocycles. The van der Waals surface area contributed by atoms with E-state index >= 15 is 0 Å². The lowest BCUT2D eigenvalue weighted by Gasteiger charge is -2.51. The topological polar surface area (TPSA) is 122 Å². The summed E-state index contributed by atoms with van der Waals surface area (Å²) in [7, 11) is 1.72. The minimum Gasteiger partial charge on any atom is -0.481 e. The van der Waals surface area contributed by atoms with Gasteiger partial charge in [0, 0.05) is 20.1 Å². The number of aliphatic carboxylic acids is 1. The van der Waals surface area contributed by atoms with Crippen molar-refractivity contribution in [3.05, 3.63) is 46.6 Å². The number of fused-ring (bicyclic) bond motifs is 4. The summed E-state index contributed by atoms with van der Waals surface area (Å²) in [6.07, 6.45) is 5.70. The van der Waals surface area contributed by atoms with Gasteiger partial charge in [-0.05, 0) is 61.6 Å². The Morgan fingerprint density at radius 3 is 2.54 bits per heavy atom. The number of aryl methyl sites for hydroxylation is 1. The highest BCUT2D eigenvalue weighted by Gasteiger charge is 2.52. The van der Waals surface area contributed by atoms with Crippen molar-refractivity contribution in [2.45, 2.75) is 45.1 Å². The van der Waals surface area contributed by atoms with Crippen molar-refractivity contribution >= 4 is 40.3 Å². The van der Waals surface area contributed by atoms with E-state index < -0.39 is 17.2 Å². The van der Waals surface area contributed by atoms with E-state index in [0.717, 1.165) is 24.8 Å². The van der Waals surface area contributed by atoms with Gasteiger partial charge in [0.25, 0.3) is 5.91 Å². The molecule has 3 aromatic rings. The second kappa shape index (κ2) is 8.75. The molecule has 0 atom stereocenters. The molecule has 0 aliphatic heterocycles. The van der Waals surface area contributed by atoms with Gasteiger partial charge in [0.05, 0.1) is 10.4 Å². The summed E-state index contributed by atoms with van der Waals surface area (Å²) < 4.78 is 15.0. The third-order valence-corrected chi connectivity index (χ3v) is 8.05. The molecule has 6 rings (SSSR count). The van der Waals surface area contributed by atoms with Crippen LogP contribution in [0.1, 0.15) is 54.6 Å². The Kier molecular flexibility index (Phi) is 5.86. The first-order chi connectivity index (χ1) is 16.7. The van der Waals surface area contributed by atoms with Gasteiger partial charge in [-0.15, -0.1) is 0 Å². The first kappa shape index (κ1) is 23.5. The van der Waals surface area contributed by atoms with Crippen LogP contribution >= 0.6 is 11.6 Å². The molecule has 3 aliphatic rings. The van der Waals surface area contributed by atoms with Crippen LogP contribution in [-0.2, 0) is 18.4 Å². The summed E-state index contributed by atoms with van der Waals surface area (Å²) in [4.78, 5) is 33.4. The van der Waals surface area contributed by atoms with Gasteiger partial charge in [0.2, 0.25) is 0 Å². The molecule has 1 aromatic carbocycles. The number of carboxylic acid groups (broad SMARTS) is 1. The van der Waals surface area contributed by atoms with Crippen molar-refractivity contribution < 1.29 is 19.1 Å². The molecule has 35 heavy (non-hydrogen) atoms. The van der Waals surface area contributed by atoms with Crippen molar-refractivity contribution in [3.8, 4) is 0 Å². The van der Waals surface area contributed by atoms with E-state index in [1.54, 1.807) is 23.9 Å². The average Bonchev–Trinajstić information content (AvgIpc) is 3.20. The molecule has 3 saturated carbocycles. The number of hydrogen-bond donors (Lipinski definition) is 3. The minimum absolute atomic E-state index is 0.0421. The van der Waals surface area contributed by atoms with E-state index in [2.05, 4.69) is 25.7 Å². The molecule has 0 unspecified atom stereocenters. The number of carbonyl (C=O) groups excluding carboxylic acids is 1. The molecule has 2 heterocycles. The van der Waals surface area contributed by atoms with Gasteiger partial charge in [-0.25, -0.2) is 14.4 Å². The first-order valence-electron chi connectivity index (χ1n) is 11.6. The maximum absolute atomic E-state index is 13.4. The summed E-state index contributed by atoms with van der Waals surface area (Å²) in [6.45, 7) is 0.833. The van der Waals surface area contributed by atoms with Crippen LogP contribution in [0.2, 0.25) is 5.02 Å². The van der Waals surface area contributed by atoms with E-state index in [9.17, 15) is 19.1 Å². The SMILES string of the molecule is Cn1nc(NCc2ccc(F)c(Cl)c2)c2ncnc(C(=O)NCC34CCC(C(=O)O)(CC3)CC4)c21. The van der Waals surface area contributed by atoms with Gasteiger partial charge in [-0.2, -0.15) is 5.10 Å². The quantitative estimate of drug-likeness (QED) is 0.449. The number of amides is 1. The third-order valence-electron chi connectivity index (χ3n) is 7.76. The molecule has 3 fully saturated rings. The molecule has 184 valence electrons. The van der Waals surface area contributed by atoms with E-state index in [0.29, 0.717) is 49.2 Å². The standard InChI is InChI=1S/C24H26ClFN6O3/c1-32-19-17(20(31-32)27-11-14-2-3-16(26)15(25)10-14)29-13-30-18(19)21(33)28-12-23-4-7-24(8-5-23,9-6-23)22(34)35/h2-3,10,13H,4-9,11-12H2,1H3,(H,27,31)(H,28,33)(H,34,35). The monoisotopic (exact) mass is 500 g/mol. The van der Waals surface area contributed by atoms with Gasteiger partial charge in [-0.3, -0.25) is 14.3 Å². The number of hydrogen-bond acceptors (Lipinski definition) is 6. The number of anilines is 1. The van der Waals surface area contributed by atoms with E-state index in [-0.39, 0.29) is 22.0 Å². The summed E-state index contributed by atoms with van der Waals surface area (Å²) >= 11 is 5.87. The van der Waals surface area contributed by atoms with E-state index in [1.807, 2.05) is 0 Å². The van der Waals surface area contributed by atoms with Crippen LogP contribution in [0.5, 0.6) is 0 Å². The fraction of sp³-hybridized carbons (Fsp3) is 0.458. The van der Waals surface area contributed by atoms with Crippen LogP contribution in [0, 0.1) is 16.6 Å². The van der Waals surface area contributed by atoms with Crippen LogP contribution < -0.4 is 10.6 Å². The fourth-order valence-corrected chi connectivity index (χ4v) is 5.63. The Morgan fingerprint density at radius 2 is 1.89 bits per heavy atom. The summed E-state index contributed by atoms with van der Waals surface area (Å²) in [5, 5.41) is 20.3. The van der Waals surface area contributed by atoms with Gasteiger partial charge in [0.1, 0.15) is 23.2 Å². The molecule has 0 spiro atoms. The van der Waals surface area contributed by atoms with Gasteiger partial charge < -0.3 is 15.7 Å². The normalized spacial score (nSPS) is 23.4. The Morgan fingerprint density at radius 1 is 1.17 bits per heavy atom. The molecule has 2 aromatic heterocycles. The highest BCUT2D eigenvalue weighted by molar-refractivity contribution is 6.30. The predicted molar refractivity (Wildman–Crippen MR) is 128 cm³/mol. The molecule has 0 radical (unpaired) electrons. The Labute approximate surface area is 206 Å². The molecular formula is C24H26ClFN6O3. The molecule has 11 heteroatoms. The Bertz CT molecular complexity index is 1300. The lowest BCUT2D eigenvalue weighted by molar-refractivity contribution is -0.158.